The van der Waals surface area contributed by atoms with Crippen LogP contribution in [0.1, 0.15) is 16.7 Å². The number of amides is 1. The van der Waals surface area contributed by atoms with Crippen LogP contribution >= 0.6 is 66.2 Å². The molecule has 26 heavy (non-hydrogen) atoms. The number of carbonyl (C=O) groups is 1. The molecule has 134 valence electrons. The quantitative estimate of drug-likeness (QED) is 0.324. The lowest BCUT2D eigenvalue weighted by atomic mass is 10.1. The number of nitrogens with zero attached hydrogens (tertiary/aromatic N) is 1. The first-order valence-electron chi connectivity index (χ1n) is 7.49. The summed E-state index contributed by atoms with van der Waals surface area (Å²) >= 11 is 10.3. The van der Waals surface area contributed by atoms with E-state index in [0.717, 1.165) is 25.8 Å². The molecule has 0 radical (unpaired) electrons. The van der Waals surface area contributed by atoms with Crippen molar-refractivity contribution < 1.29 is 9.90 Å². The lowest BCUT2D eigenvalue weighted by Crippen LogP contribution is -2.19. The topological polar surface area (TPSA) is 61.7 Å². The Morgan fingerprint density at radius 1 is 1.19 bits per heavy atom. The second-order valence-electron chi connectivity index (χ2n) is 5.70. The van der Waals surface area contributed by atoms with E-state index in [-0.39, 0.29) is 11.7 Å². The molecule has 1 saturated heterocycles. The SMILES string of the molecule is Cc1cc(N=C2NC(=O)/C(=C\c3cc(Br)cc(I)c3O)S2)cc(C)c1Br. The zero-order chi connectivity index (χ0) is 19.0. The van der Waals surface area contributed by atoms with Gasteiger partial charge in [-0.2, -0.15) is 0 Å². The molecule has 0 aromatic heterocycles. The summed E-state index contributed by atoms with van der Waals surface area (Å²) in [5.74, 6) is -0.0760. The molecule has 0 saturated carbocycles. The molecule has 1 aliphatic rings. The first-order chi connectivity index (χ1) is 12.2. The first kappa shape index (κ1) is 19.9. The predicted molar refractivity (Wildman–Crippen MR) is 123 cm³/mol. The van der Waals surface area contributed by atoms with Crippen LogP contribution in [-0.2, 0) is 4.79 Å². The maximum atomic E-state index is 12.3. The van der Waals surface area contributed by atoms with Crippen molar-refractivity contribution in [1.29, 1.82) is 0 Å². The van der Waals surface area contributed by atoms with E-state index >= 15 is 0 Å². The molecule has 0 unspecified atom stereocenters. The summed E-state index contributed by atoms with van der Waals surface area (Å²) in [7, 11) is 0. The van der Waals surface area contributed by atoms with E-state index in [1.165, 1.54) is 11.8 Å². The second kappa shape index (κ2) is 8.04. The Morgan fingerprint density at radius 3 is 2.50 bits per heavy atom. The fraction of sp³-hybridized carbons (Fsp3) is 0.111. The molecule has 1 aliphatic heterocycles. The summed E-state index contributed by atoms with van der Waals surface area (Å²) in [5.41, 5.74) is 3.54. The van der Waals surface area contributed by atoms with Gasteiger partial charge in [-0.3, -0.25) is 4.79 Å². The predicted octanol–water partition coefficient (Wildman–Crippen LogP) is 6.03. The summed E-state index contributed by atoms with van der Waals surface area (Å²) in [6.45, 7) is 4.01. The van der Waals surface area contributed by atoms with Crippen molar-refractivity contribution in [3.05, 3.63) is 58.4 Å². The van der Waals surface area contributed by atoms with Crippen LogP contribution in [0.2, 0.25) is 0 Å². The minimum absolute atomic E-state index is 0.152. The van der Waals surface area contributed by atoms with Gasteiger partial charge in [0.2, 0.25) is 0 Å². The Hall–Kier alpha value is -0.840. The number of aliphatic imine (C=N–C) groups is 1. The molecule has 1 heterocycles. The van der Waals surface area contributed by atoms with E-state index < -0.39 is 0 Å². The van der Waals surface area contributed by atoms with Crippen LogP contribution in [0.3, 0.4) is 0 Å². The van der Waals surface area contributed by atoms with Gasteiger partial charge in [0.25, 0.3) is 5.91 Å². The van der Waals surface area contributed by atoms with E-state index in [0.29, 0.717) is 19.2 Å². The van der Waals surface area contributed by atoms with Crippen molar-refractivity contribution >= 4 is 89.1 Å². The summed E-state index contributed by atoms with van der Waals surface area (Å²) in [6, 6.07) is 7.50. The van der Waals surface area contributed by atoms with Crippen molar-refractivity contribution in [2.24, 2.45) is 4.99 Å². The highest BCUT2D eigenvalue weighted by Crippen LogP contribution is 2.34. The minimum Gasteiger partial charge on any atom is -0.506 e. The average Bonchev–Trinajstić information content (AvgIpc) is 2.89. The van der Waals surface area contributed by atoms with Gasteiger partial charge in [-0.1, -0.05) is 31.9 Å². The van der Waals surface area contributed by atoms with Crippen LogP contribution in [0.25, 0.3) is 6.08 Å². The molecule has 0 spiro atoms. The number of hydrogen-bond donors (Lipinski definition) is 2. The third kappa shape index (κ3) is 4.35. The number of rotatable bonds is 2. The molecular formula is C18H13Br2IN2O2S. The summed E-state index contributed by atoms with van der Waals surface area (Å²) in [5, 5.41) is 13.5. The zero-order valence-electron chi connectivity index (χ0n) is 13.7. The minimum atomic E-state index is -0.228. The van der Waals surface area contributed by atoms with E-state index in [1.54, 1.807) is 12.1 Å². The molecule has 2 aromatic carbocycles. The monoisotopic (exact) mass is 606 g/mol. The van der Waals surface area contributed by atoms with E-state index in [2.05, 4.69) is 64.8 Å². The van der Waals surface area contributed by atoms with Crippen molar-refractivity contribution in [3.63, 3.8) is 0 Å². The number of halogens is 3. The highest BCUT2D eigenvalue weighted by atomic mass is 127. The fourth-order valence-electron chi connectivity index (χ4n) is 2.42. The second-order valence-corrected chi connectivity index (χ2v) is 9.60. The lowest BCUT2D eigenvalue weighted by Gasteiger charge is -2.05. The number of benzene rings is 2. The third-order valence-corrected chi connectivity index (χ3v) is 7.09. The number of aromatic hydroxyl groups is 1. The van der Waals surface area contributed by atoms with Gasteiger partial charge in [0.1, 0.15) is 5.75 Å². The van der Waals surface area contributed by atoms with Gasteiger partial charge in [0, 0.05) is 14.5 Å². The van der Waals surface area contributed by atoms with Gasteiger partial charge in [0.05, 0.1) is 14.2 Å². The maximum absolute atomic E-state index is 12.3. The highest BCUT2D eigenvalue weighted by Gasteiger charge is 2.24. The molecule has 1 amide bonds. The van der Waals surface area contributed by atoms with Crippen LogP contribution in [0.5, 0.6) is 5.75 Å². The van der Waals surface area contributed by atoms with Gasteiger partial charge in [-0.15, -0.1) is 0 Å². The largest absolute Gasteiger partial charge is 0.506 e. The van der Waals surface area contributed by atoms with Crippen molar-refractivity contribution in [3.8, 4) is 5.75 Å². The Kier molecular flexibility index (Phi) is 6.15. The van der Waals surface area contributed by atoms with Crippen LogP contribution in [-0.4, -0.2) is 16.2 Å². The molecule has 0 aliphatic carbocycles. The van der Waals surface area contributed by atoms with Gasteiger partial charge in [-0.25, -0.2) is 4.99 Å². The smallest absolute Gasteiger partial charge is 0.264 e. The number of nitrogens with one attached hydrogen (secondary N) is 1. The highest BCUT2D eigenvalue weighted by molar-refractivity contribution is 14.1. The number of phenolic OH excluding ortho intramolecular Hbond substituents is 1. The standard InChI is InChI=1S/C18H13Br2IN2O2S/c1-8-3-12(4-9(2)15(8)20)22-18-23-17(25)14(26-18)6-10-5-11(19)7-13(21)16(10)24/h3-7,24H,1-2H3,(H,22,23,25)/b14-6+. The van der Waals surface area contributed by atoms with E-state index in [4.69, 9.17) is 0 Å². The van der Waals surface area contributed by atoms with Gasteiger partial charge >= 0.3 is 0 Å². The lowest BCUT2D eigenvalue weighted by molar-refractivity contribution is -0.115. The van der Waals surface area contributed by atoms with E-state index in [1.807, 2.05) is 32.0 Å². The van der Waals surface area contributed by atoms with Crippen LogP contribution in [0, 0.1) is 17.4 Å². The first-order valence-corrected chi connectivity index (χ1v) is 11.0. The normalized spacial score (nSPS) is 17.2. The van der Waals surface area contributed by atoms with E-state index in [9.17, 15) is 9.90 Å². The van der Waals surface area contributed by atoms with Gasteiger partial charge < -0.3 is 10.4 Å². The average molecular weight is 608 g/mol. The van der Waals surface area contributed by atoms with Crippen molar-refractivity contribution in [1.82, 2.24) is 5.32 Å². The summed E-state index contributed by atoms with van der Waals surface area (Å²) in [6.07, 6.45) is 1.67. The Morgan fingerprint density at radius 2 is 1.85 bits per heavy atom. The van der Waals surface area contributed by atoms with Crippen LogP contribution in [0.15, 0.2) is 43.1 Å². The van der Waals surface area contributed by atoms with Crippen LogP contribution in [0.4, 0.5) is 5.69 Å². The Balaban J connectivity index is 1.92. The maximum Gasteiger partial charge on any atom is 0.264 e. The van der Waals surface area contributed by atoms with Gasteiger partial charge in [-0.05, 0) is 89.7 Å². The van der Waals surface area contributed by atoms with Crippen LogP contribution < -0.4 is 5.32 Å². The molecule has 8 heteroatoms. The number of phenols is 1. The van der Waals surface area contributed by atoms with Gasteiger partial charge in [0.15, 0.2) is 5.17 Å². The molecule has 2 aromatic rings. The number of carbonyl (C=O) groups excluding carboxylic acids is 1. The molecule has 0 atom stereocenters. The molecule has 2 N–H and O–H groups in total. The molecule has 1 fully saturated rings. The summed E-state index contributed by atoms with van der Waals surface area (Å²) in [4.78, 5) is 17.3. The molecule has 3 rings (SSSR count). The van der Waals surface area contributed by atoms with Crippen molar-refractivity contribution in [2.75, 3.05) is 0 Å². The zero-order valence-corrected chi connectivity index (χ0v) is 19.9. The molecule has 4 nitrogen and oxygen atoms in total. The molecule has 0 bridgehead atoms. The fourth-order valence-corrected chi connectivity index (χ4v) is 5.03. The molecular weight excluding hydrogens is 595 g/mol. The Bertz CT molecular complexity index is 966. The number of thioether (sulfide) groups is 1. The number of amidine groups is 1. The van der Waals surface area contributed by atoms with Crippen molar-refractivity contribution in [2.45, 2.75) is 13.8 Å². The summed E-state index contributed by atoms with van der Waals surface area (Å²) < 4.78 is 2.61. The number of aryl methyl sites for hydroxylation is 2. The Labute approximate surface area is 186 Å². The number of hydrogen-bond acceptors (Lipinski definition) is 4. The third-order valence-electron chi connectivity index (χ3n) is 3.65.